The van der Waals surface area contributed by atoms with Crippen molar-refractivity contribution in [3.05, 3.63) is 28.2 Å². The van der Waals surface area contributed by atoms with Gasteiger partial charge in [-0.25, -0.2) is 0 Å². The molecule has 0 aliphatic rings. The summed E-state index contributed by atoms with van der Waals surface area (Å²) in [5, 5.41) is 3.48. The molecule has 0 radical (unpaired) electrons. The lowest BCUT2D eigenvalue weighted by atomic mass is 10.2. The molecule has 0 fully saturated rings. The highest BCUT2D eigenvalue weighted by molar-refractivity contribution is 6.39. The number of nitrogens with zero attached hydrogens (tertiary/aromatic N) is 2. The van der Waals surface area contributed by atoms with E-state index < -0.39 is 0 Å². The molecule has 0 bridgehead atoms. The number of rotatable bonds is 8. The van der Waals surface area contributed by atoms with E-state index in [1.807, 2.05) is 14.1 Å². The van der Waals surface area contributed by atoms with Crippen LogP contribution in [0, 0.1) is 0 Å². The average Bonchev–Trinajstić information content (AvgIpc) is 2.46. The molecule has 23 heavy (non-hydrogen) atoms. The third kappa shape index (κ3) is 7.20. The number of benzene rings is 1. The van der Waals surface area contributed by atoms with Crippen LogP contribution in [0.1, 0.15) is 19.8 Å². The number of nitrogens with one attached hydrogen (secondary N) is 1. The van der Waals surface area contributed by atoms with Crippen molar-refractivity contribution >= 4 is 40.7 Å². The second-order valence-electron chi connectivity index (χ2n) is 5.56. The van der Waals surface area contributed by atoms with E-state index in [2.05, 4.69) is 10.2 Å². The molecule has 0 aromatic heterocycles. The first kappa shape index (κ1) is 19.7. The highest BCUT2D eigenvalue weighted by Crippen LogP contribution is 2.29. The van der Waals surface area contributed by atoms with Crippen molar-refractivity contribution in [2.45, 2.75) is 19.8 Å². The van der Waals surface area contributed by atoms with Gasteiger partial charge in [0.2, 0.25) is 11.8 Å². The summed E-state index contributed by atoms with van der Waals surface area (Å²) in [6.45, 7) is 3.41. The van der Waals surface area contributed by atoms with Crippen molar-refractivity contribution < 1.29 is 9.59 Å². The van der Waals surface area contributed by atoms with Gasteiger partial charge in [-0.2, -0.15) is 0 Å². The van der Waals surface area contributed by atoms with Crippen LogP contribution >= 0.6 is 23.2 Å². The van der Waals surface area contributed by atoms with Crippen molar-refractivity contribution in [2.75, 3.05) is 39.0 Å². The lowest BCUT2D eigenvalue weighted by Crippen LogP contribution is -2.34. The molecule has 0 aliphatic carbocycles. The van der Waals surface area contributed by atoms with E-state index in [1.165, 1.54) is 6.92 Å². The van der Waals surface area contributed by atoms with Crippen molar-refractivity contribution in [1.29, 1.82) is 0 Å². The predicted octanol–water partition coefficient (Wildman–Crippen LogP) is 3.12. The van der Waals surface area contributed by atoms with Crippen molar-refractivity contribution in [3.8, 4) is 0 Å². The molecule has 0 heterocycles. The first-order valence-corrected chi connectivity index (χ1v) is 8.21. The Bertz CT molecular complexity index is 530. The molecule has 5 nitrogen and oxygen atoms in total. The Morgan fingerprint density at radius 2 is 1.70 bits per heavy atom. The molecule has 0 spiro atoms. The minimum absolute atomic E-state index is 0.0349. The van der Waals surface area contributed by atoms with Gasteiger partial charge in [-0.05, 0) is 39.2 Å². The number of hydrogen-bond acceptors (Lipinski definition) is 3. The van der Waals surface area contributed by atoms with Gasteiger partial charge >= 0.3 is 0 Å². The van der Waals surface area contributed by atoms with E-state index >= 15 is 0 Å². The summed E-state index contributed by atoms with van der Waals surface area (Å²) in [5.41, 5.74) is 0.405. The van der Waals surface area contributed by atoms with Crippen LogP contribution < -0.4 is 5.32 Å². The van der Waals surface area contributed by atoms with Crippen LogP contribution in [0.25, 0.3) is 0 Å². The first-order chi connectivity index (χ1) is 10.8. The molecule has 0 saturated carbocycles. The number of carbonyl (C=O) groups is 2. The second-order valence-corrected chi connectivity index (χ2v) is 6.37. The zero-order valence-electron chi connectivity index (χ0n) is 13.7. The predicted molar refractivity (Wildman–Crippen MR) is 95.1 cm³/mol. The summed E-state index contributed by atoms with van der Waals surface area (Å²) < 4.78 is 0. The Kier molecular flexibility index (Phi) is 8.37. The minimum atomic E-state index is -0.223. The molecule has 1 aromatic rings. The quantitative estimate of drug-likeness (QED) is 0.775. The molecule has 1 rings (SSSR count). The molecule has 0 unspecified atom stereocenters. The second kappa shape index (κ2) is 9.75. The SMILES string of the molecule is CC(=O)N(CCCN(C)C)CCC(=O)Nc1c(Cl)cccc1Cl. The lowest BCUT2D eigenvalue weighted by molar-refractivity contribution is -0.129. The van der Waals surface area contributed by atoms with E-state index in [0.717, 1.165) is 13.0 Å². The summed E-state index contributed by atoms with van der Waals surface area (Å²) in [6.07, 6.45) is 1.06. The van der Waals surface area contributed by atoms with Crippen molar-refractivity contribution in [3.63, 3.8) is 0 Å². The molecule has 2 amide bonds. The van der Waals surface area contributed by atoms with Gasteiger partial charge in [0.25, 0.3) is 0 Å². The van der Waals surface area contributed by atoms with Crippen LogP contribution in [-0.4, -0.2) is 55.3 Å². The van der Waals surface area contributed by atoms with Crippen LogP contribution in [0.4, 0.5) is 5.69 Å². The third-order valence-electron chi connectivity index (χ3n) is 3.31. The zero-order chi connectivity index (χ0) is 17.4. The van der Waals surface area contributed by atoms with Crippen LogP contribution in [0.15, 0.2) is 18.2 Å². The van der Waals surface area contributed by atoms with Gasteiger partial charge in [-0.3, -0.25) is 9.59 Å². The molecule has 1 N–H and O–H groups in total. The van der Waals surface area contributed by atoms with Crippen LogP contribution in [0.2, 0.25) is 10.0 Å². The summed E-state index contributed by atoms with van der Waals surface area (Å²) in [5.74, 6) is -0.258. The number of anilines is 1. The monoisotopic (exact) mass is 359 g/mol. The van der Waals surface area contributed by atoms with Gasteiger partial charge in [-0.1, -0.05) is 29.3 Å². The number of hydrogen-bond donors (Lipinski definition) is 1. The molecule has 128 valence electrons. The van der Waals surface area contributed by atoms with Gasteiger partial charge < -0.3 is 15.1 Å². The minimum Gasteiger partial charge on any atom is -0.342 e. The largest absolute Gasteiger partial charge is 0.342 e. The van der Waals surface area contributed by atoms with Crippen molar-refractivity contribution in [2.24, 2.45) is 0 Å². The molecule has 0 atom stereocenters. The average molecular weight is 360 g/mol. The van der Waals surface area contributed by atoms with E-state index in [4.69, 9.17) is 23.2 Å². The topological polar surface area (TPSA) is 52.7 Å². The molecule has 0 saturated heterocycles. The summed E-state index contributed by atoms with van der Waals surface area (Å²) in [4.78, 5) is 27.4. The molecular weight excluding hydrogens is 337 g/mol. The van der Waals surface area contributed by atoms with Gasteiger partial charge in [0.05, 0.1) is 15.7 Å². The highest BCUT2D eigenvalue weighted by Gasteiger charge is 2.13. The normalized spacial score (nSPS) is 10.7. The fourth-order valence-electron chi connectivity index (χ4n) is 2.06. The Morgan fingerprint density at radius 1 is 1.09 bits per heavy atom. The highest BCUT2D eigenvalue weighted by atomic mass is 35.5. The maximum atomic E-state index is 12.1. The Balaban J connectivity index is 2.50. The smallest absolute Gasteiger partial charge is 0.226 e. The standard InChI is InChI=1S/C16H23Cl2N3O2/c1-12(22)21(10-5-9-20(2)3)11-8-15(23)19-16-13(17)6-4-7-14(16)18/h4,6-7H,5,8-11H2,1-3H3,(H,19,23). The molecular formula is C16H23Cl2N3O2. The molecule has 1 aromatic carbocycles. The Morgan fingerprint density at radius 3 is 2.22 bits per heavy atom. The summed E-state index contributed by atoms with van der Waals surface area (Å²) in [7, 11) is 3.97. The Labute approximate surface area is 147 Å². The molecule has 0 aliphatic heterocycles. The van der Waals surface area contributed by atoms with Crippen LogP contribution in [0.5, 0.6) is 0 Å². The van der Waals surface area contributed by atoms with E-state index in [1.54, 1.807) is 23.1 Å². The van der Waals surface area contributed by atoms with Crippen LogP contribution in [0.3, 0.4) is 0 Å². The number of carbonyl (C=O) groups excluding carboxylic acids is 2. The van der Waals surface area contributed by atoms with E-state index in [-0.39, 0.29) is 18.2 Å². The number of para-hydroxylation sites is 1. The van der Waals surface area contributed by atoms with E-state index in [9.17, 15) is 9.59 Å². The third-order valence-corrected chi connectivity index (χ3v) is 3.94. The summed E-state index contributed by atoms with van der Waals surface area (Å²) in [6, 6.07) is 5.03. The van der Waals surface area contributed by atoms with Gasteiger partial charge in [-0.15, -0.1) is 0 Å². The molecule has 7 heteroatoms. The maximum absolute atomic E-state index is 12.1. The summed E-state index contributed by atoms with van der Waals surface area (Å²) >= 11 is 12.0. The number of amides is 2. The van der Waals surface area contributed by atoms with E-state index in [0.29, 0.717) is 28.8 Å². The fraction of sp³-hybridized carbons (Fsp3) is 0.500. The van der Waals surface area contributed by atoms with Gasteiger partial charge in [0.15, 0.2) is 0 Å². The fourth-order valence-corrected chi connectivity index (χ4v) is 2.55. The van der Waals surface area contributed by atoms with Gasteiger partial charge in [0.1, 0.15) is 0 Å². The van der Waals surface area contributed by atoms with Gasteiger partial charge in [0, 0.05) is 26.4 Å². The van der Waals surface area contributed by atoms with Crippen molar-refractivity contribution in [1.82, 2.24) is 9.80 Å². The maximum Gasteiger partial charge on any atom is 0.226 e. The first-order valence-electron chi connectivity index (χ1n) is 7.45. The Hall–Kier alpha value is -1.30. The van der Waals surface area contributed by atoms with Crippen LogP contribution in [-0.2, 0) is 9.59 Å². The lowest BCUT2D eigenvalue weighted by Gasteiger charge is -2.22. The number of halogens is 2. The zero-order valence-corrected chi connectivity index (χ0v) is 15.2.